The summed E-state index contributed by atoms with van der Waals surface area (Å²) in [6.45, 7) is 5.88. The average molecular weight is 458 g/mol. The fourth-order valence-corrected chi connectivity index (χ4v) is 4.69. The summed E-state index contributed by atoms with van der Waals surface area (Å²) >= 11 is 1.64. The Morgan fingerprint density at radius 1 is 0.970 bits per heavy atom. The lowest BCUT2D eigenvalue weighted by Crippen LogP contribution is -2.30. The van der Waals surface area contributed by atoms with Gasteiger partial charge in [0.25, 0.3) is 5.91 Å². The third kappa shape index (κ3) is 6.28. The van der Waals surface area contributed by atoms with Crippen molar-refractivity contribution in [2.75, 3.05) is 19.6 Å². The van der Waals surface area contributed by atoms with Gasteiger partial charge in [-0.3, -0.25) is 9.69 Å². The minimum absolute atomic E-state index is 0.0328. The Kier molecular flexibility index (Phi) is 8.23. The summed E-state index contributed by atoms with van der Waals surface area (Å²) in [7, 11) is 0. The molecule has 0 fully saturated rings. The Balaban J connectivity index is 1.40. The van der Waals surface area contributed by atoms with Crippen LogP contribution in [-0.4, -0.2) is 35.4 Å². The summed E-state index contributed by atoms with van der Waals surface area (Å²) in [6, 6.07) is 24.5. The van der Waals surface area contributed by atoms with Crippen LogP contribution >= 0.6 is 11.3 Å². The lowest BCUT2D eigenvalue weighted by molar-refractivity contribution is 0.0953. The molecule has 0 unspecified atom stereocenters. The summed E-state index contributed by atoms with van der Waals surface area (Å²) in [5.41, 5.74) is 3.72. The predicted octanol–water partition coefficient (Wildman–Crippen LogP) is 6.39. The number of nitrogens with zero attached hydrogens (tertiary/aromatic N) is 2. The zero-order chi connectivity index (χ0) is 22.9. The number of aromatic nitrogens is 1. The number of carbonyl (C=O) groups is 1. The SMILES string of the molecule is CCCCN(CCCNC(=O)c1cc(-c2cccs2)nc2ccccc12)Cc1ccccc1. The molecular weight excluding hydrogens is 426 g/mol. The van der Waals surface area contributed by atoms with Crippen molar-refractivity contribution in [2.24, 2.45) is 0 Å². The van der Waals surface area contributed by atoms with Crippen molar-refractivity contribution in [3.63, 3.8) is 0 Å². The molecule has 0 spiro atoms. The number of fused-ring (bicyclic) bond motifs is 1. The van der Waals surface area contributed by atoms with E-state index in [0.29, 0.717) is 12.1 Å². The van der Waals surface area contributed by atoms with Crippen molar-refractivity contribution in [1.82, 2.24) is 15.2 Å². The van der Waals surface area contributed by atoms with Crippen LogP contribution in [0.5, 0.6) is 0 Å². The molecule has 1 N–H and O–H groups in total. The molecule has 2 aromatic heterocycles. The first-order valence-corrected chi connectivity index (χ1v) is 12.6. The van der Waals surface area contributed by atoms with Gasteiger partial charge in [0.15, 0.2) is 0 Å². The quantitative estimate of drug-likeness (QED) is 0.266. The molecule has 0 atom stereocenters. The van der Waals surface area contributed by atoms with Gasteiger partial charge in [-0.15, -0.1) is 11.3 Å². The van der Waals surface area contributed by atoms with Gasteiger partial charge in [-0.1, -0.05) is 67.9 Å². The summed E-state index contributed by atoms with van der Waals surface area (Å²) in [5.74, 6) is -0.0328. The second-order valence-electron chi connectivity index (χ2n) is 8.27. The zero-order valence-corrected chi connectivity index (χ0v) is 20.0. The van der Waals surface area contributed by atoms with Crippen LogP contribution in [0, 0.1) is 0 Å². The molecule has 170 valence electrons. The third-order valence-electron chi connectivity index (χ3n) is 5.75. The molecule has 1 amide bonds. The number of benzene rings is 2. The minimum Gasteiger partial charge on any atom is -0.352 e. The van der Waals surface area contributed by atoms with E-state index in [1.165, 1.54) is 18.4 Å². The van der Waals surface area contributed by atoms with Crippen LogP contribution in [0.2, 0.25) is 0 Å². The molecule has 5 heteroatoms. The fourth-order valence-electron chi connectivity index (χ4n) is 4.01. The number of thiophene rings is 1. The van der Waals surface area contributed by atoms with Gasteiger partial charge in [0, 0.05) is 25.0 Å². The zero-order valence-electron chi connectivity index (χ0n) is 19.2. The standard InChI is InChI=1S/C28H31N3OS/c1-2-3-17-31(21-22-11-5-4-6-12-22)18-10-16-29-28(32)24-20-26(27-15-9-19-33-27)30-25-14-8-7-13-23(24)25/h4-9,11-15,19-20H,2-3,10,16-18,21H2,1H3,(H,29,32). The Hall–Kier alpha value is -3.02. The van der Waals surface area contributed by atoms with Crippen LogP contribution in [-0.2, 0) is 6.54 Å². The van der Waals surface area contributed by atoms with E-state index in [1.54, 1.807) is 11.3 Å². The maximum Gasteiger partial charge on any atom is 0.252 e. The van der Waals surface area contributed by atoms with Gasteiger partial charge < -0.3 is 5.32 Å². The predicted molar refractivity (Wildman–Crippen MR) is 139 cm³/mol. The van der Waals surface area contributed by atoms with E-state index in [9.17, 15) is 4.79 Å². The second kappa shape index (κ2) is 11.7. The molecule has 4 aromatic rings. The Morgan fingerprint density at radius 3 is 2.55 bits per heavy atom. The van der Waals surface area contributed by atoms with Gasteiger partial charge in [0.1, 0.15) is 0 Å². The van der Waals surface area contributed by atoms with Crippen LogP contribution in [0.15, 0.2) is 78.2 Å². The maximum atomic E-state index is 13.1. The van der Waals surface area contributed by atoms with Crippen LogP contribution in [0.25, 0.3) is 21.5 Å². The Labute approximate surface area is 200 Å². The summed E-state index contributed by atoms with van der Waals surface area (Å²) in [5, 5.41) is 6.07. The van der Waals surface area contributed by atoms with E-state index in [4.69, 9.17) is 4.98 Å². The highest BCUT2D eigenvalue weighted by Crippen LogP contribution is 2.27. The monoisotopic (exact) mass is 457 g/mol. The van der Waals surface area contributed by atoms with E-state index in [0.717, 1.165) is 47.5 Å². The summed E-state index contributed by atoms with van der Waals surface area (Å²) in [6.07, 6.45) is 3.29. The Morgan fingerprint density at radius 2 is 1.76 bits per heavy atom. The average Bonchev–Trinajstić information content (AvgIpc) is 3.40. The topological polar surface area (TPSA) is 45.2 Å². The lowest BCUT2D eigenvalue weighted by Gasteiger charge is -2.22. The van der Waals surface area contributed by atoms with E-state index in [1.807, 2.05) is 47.8 Å². The van der Waals surface area contributed by atoms with Crippen molar-refractivity contribution in [3.05, 3.63) is 89.3 Å². The number of unbranched alkanes of at least 4 members (excludes halogenated alkanes) is 1. The molecule has 33 heavy (non-hydrogen) atoms. The first-order chi connectivity index (χ1) is 16.2. The number of rotatable bonds is 11. The number of para-hydroxylation sites is 1. The van der Waals surface area contributed by atoms with Crippen LogP contribution in [0.1, 0.15) is 42.1 Å². The van der Waals surface area contributed by atoms with Crippen molar-refractivity contribution >= 4 is 28.1 Å². The van der Waals surface area contributed by atoms with Crippen molar-refractivity contribution in [2.45, 2.75) is 32.7 Å². The molecular formula is C28H31N3OS. The molecule has 4 rings (SSSR count). The molecule has 0 saturated carbocycles. The highest BCUT2D eigenvalue weighted by Gasteiger charge is 2.14. The van der Waals surface area contributed by atoms with Gasteiger partial charge in [-0.2, -0.15) is 0 Å². The number of carbonyl (C=O) groups excluding carboxylic acids is 1. The molecule has 2 aromatic carbocycles. The highest BCUT2D eigenvalue weighted by molar-refractivity contribution is 7.13. The number of hydrogen-bond acceptors (Lipinski definition) is 4. The van der Waals surface area contributed by atoms with Crippen LogP contribution in [0.3, 0.4) is 0 Å². The number of amides is 1. The third-order valence-corrected chi connectivity index (χ3v) is 6.64. The van der Waals surface area contributed by atoms with Gasteiger partial charge in [-0.05, 0) is 48.5 Å². The molecule has 2 heterocycles. The van der Waals surface area contributed by atoms with Crippen molar-refractivity contribution in [1.29, 1.82) is 0 Å². The molecule has 0 aliphatic carbocycles. The van der Waals surface area contributed by atoms with Crippen LogP contribution in [0.4, 0.5) is 0 Å². The first-order valence-electron chi connectivity index (χ1n) is 11.7. The fraction of sp³-hybridized carbons (Fsp3) is 0.286. The molecule has 0 bridgehead atoms. The number of pyridine rings is 1. The lowest BCUT2D eigenvalue weighted by atomic mass is 10.1. The van der Waals surface area contributed by atoms with Gasteiger partial charge in [0.05, 0.1) is 21.7 Å². The van der Waals surface area contributed by atoms with Gasteiger partial charge in [-0.25, -0.2) is 4.98 Å². The Bertz CT molecular complexity index is 1160. The van der Waals surface area contributed by atoms with Gasteiger partial charge >= 0.3 is 0 Å². The van der Waals surface area contributed by atoms with E-state index in [-0.39, 0.29) is 5.91 Å². The summed E-state index contributed by atoms with van der Waals surface area (Å²) in [4.78, 5) is 21.5. The van der Waals surface area contributed by atoms with Crippen molar-refractivity contribution in [3.8, 4) is 10.6 Å². The van der Waals surface area contributed by atoms with Crippen molar-refractivity contribution < 1.29 is 4.79 Å². The second-order valence-corrected chi connectivity index (χ2v) is 9.22. The highest BCUT2D eigenvalue weighted by atomic mass is 32.1. The number of hydrogen-bond donors (Lipinski definition) is 1. The molecule has 0 saturated heterocycles. The minimum atomic E-state index is -0.0328. The largest absolute Gasteiger partial charge is 0.352 e. The molecule has 0 aliphatic heterocycles. The molecule has 0 aliphatic rings. The van der Waals surface area contributed by atoms with E-state index >= 15 is 0 Å². The molecule has 4 nitrogen and oxygen atoms in total. The normalized spacial score (nSPS) is 11.2. The van der Waals surface area contributed by atoms with Crippen LogP contribution < -0.4 is 5.32 Å². The van der Waals surface area contributed by atoms with Gasteiger partial charge in [0.2, 0.25) is 0 Å². The maximum absolute atomic E-state index is 13.1. The number of nitrogens with one attached hydrogen (secondary N) is 1. The van der Waals surface area contributed by atoms with E-state index in [2.05, 4.69) is 47.5 Å². The van der Waals surface area contributed by atoms with E-state index < -0.39 is 0 Å². The summed E-state index contributed by atoms with van der Waals surface area (Å²) < 4.78 is 0. The smallest absolute Gasteiger partial charge is 0.252 e. The molecule has 0 radical (unpaired) electrons. The first kappa shape index (κ1) is 23.1.